The van der Waals surface area contributed by atoms with Crippen LogP contribution in [0.15, 0.2) is 24.3 Å². The van der Waals surface area contributed by atoms with Gasteiger partial charge in [-0.05, 0) is 32.2 Å². The van der Waals surface area contributed by atoms with Gasteiger partial charge in [0.2, 0.25) is 0 Å². The molecule has 244 valence electrons. The number of nitrogens with zero attached hydrogens (tertiary/aromatic N) is 4. The van der Waals surface area contributed by atoms with E-state index in [0.29, 0.717) is 41.5 Å². The summed E-state index contributed by atoms with van der Waals surface area (Å²) < 4.78 is 62.9. The van der Waals surface area contributed by atoms with Gasteiger partial charge in [-0.1, -0.05) is 0 Å². The topological polar surface area (TPSA) is 83.0 Å². The average Bonchev–Trinajstić information content (AvgIpc) is 3.69. The number of phenols is 1. The van der Waals surface area contributed by atoms with Crippen LogP contribution in [-0.2, 0) is 0 Å². The monoisotopic (exact) mass is 865 g/mol. The van der Waals surface area contributed by atoms with Crippen LogP contribution in [0, 0.1) is 21.0 Å². The summed E-state index contributed by atoms with van der Waals surface area (Å²) >= 11 is 7.41. The molecule has 5 aliphatic rings. The van der Waals surface area contributed by atoms with E-state index in [4.69, 9.17) is 26.1 Å². The summed E-state index contributed by atoms with van der Waals surface area (Å²) in [6.45, 7) is 2.26. The quantitative estimate of drug-likeness (QED) is 0.214. The first-order valence-corrected chi connectivity index (χ1v) is 18.9. The SMILES string of the molecule is Oc1cc(-c2c(Cl)c3c4c(nc(OC[C@@]56CCCN5C[C@H](F)C6)nc4c2F)N2C[C@H]4CC[C@H](N4)[C@H]2CO3)c2c(C#[C][Tl])c(F)ccc2c1. The van der Waals surface area contributed by atoms with Gasteiger partial charge >= 0.3 is 219 Å². The maximum absolute atomic E-state index is 17.3. The zero-order chi connectivity index (χ0) is 32.9. The molecule has 0 unspecified atom stereocenters. The second-order valence-electron chi connectivity index (χ2n) is 13.6. The van der Waals surface area contributed by atoms with Gasteiger partial charge in [-0.3, -0.25) is 4.90 Å². The van der Waals surface area contributed by atoms with Crippen molar-refractivity contribution in [3.63, 3.8) is 0 Å². The van der Waals surface area contributed by atoms with Gasteiger partial charge in [0.1, 0.15) is 6.17 Å². The van der Waals surface area contributed by atoms with E-state index < -0.39 is 23.3 Å². The van der Waals surface area contributed by atoms with Gasteiger partial charge in [-0.25, -0.2) is 4.39 Å². The van der Waals surface area contributed by atoms with Crippen LogP contribution in [0.3, 0.4) is 0 Å². The van der Waals surface area contributed by atoms with Crippen molar-refractivity contribution in [1.29, 1.82) is 0 Å². The Balaban J connectivity index is 1.28. The van der Waals surface area contributed by atoms with Crippen LogP contribution in [0.2, 0.25) is 5.02 Å². The van der Waals surface area contributed by atoms with Gasteiger partial charge < -0.3 is 5.32 Å². The molecule has 0 saturated carbocycles. The Bertz CT molecular complexity index is 2090. The van der Waals surface area contributed by atoms with Gasteiger partial charge in [-0.2, -0.15) is 0 Å². The molecule has 2 N–H and O–H groups in total. The third-order valence-corrected chi connectivity index (χ3v) is 11.8. The minimum absolute atomic E-state index is 0.0130. The summed E-state index contributed by atoms with van der Waals surface area (Å²) in [4.78, 5) is 13.9. The number of hydrogen-bond acceptors (Lipinski definition) is 8. The third kappa shape index (κ3) is 4.69. The number of nitrogens with one attached hydrogen (secondary N) is 1. The van der Waals surface area contributed by atoms with E-state index in [0.717, 1.165) is 32.2 Å². The number of piperazine rings is 1. The van der Waals surface area contributed by atoms with E-state index >= 15 is 8.78 Å². The molecule has 4 fully saturated rings. The zero-order valence-electron chi connectivity index (χ0n) is 25.8. The average molecular weight is 865 g/mol. The number of benzene rings is 3. The number of alkyl halides is 1. The molecule has 0 radical (unpaired) electrons. The van der Waals surface area contributed by atoms with Crippen molar-refractivity contribution in [2.24, 2.45) is 0 Å². The normalized spacial score (nSPS) is 27.4. The minimum atomic E-state index is -0.929. The van der Waals surface area contributed by atoms with Gasteiger partial charge in [0.05, 0.1) is 5.54 Å². The van der Waals surface area contributed by atoms with Crippen LogP contribution in [0.5, 0.6) is 17.5 Å². The van der Waals surface area contributed by atoms with E-state index in [2.05, 4.69) is 29.5 Å². The molecule has 1 aromatic heterocycles. The number of ether oxygens (including phenoxy) is 2. The first kappa shape index (κ1) is 31.0. The first-order chi connectivity index (χ1) is 23.2. The summed E-state index contributed by atoms with van der Waals surface area (Å²) in [6, 6.07) is 5.92. The second kappa shape index (κ2) is 11.5. The molecule has 13 heteroatoms. The molecule has 9 rings (SSSR count). The molecule has 5 aliphatic heterocycles. The zero-order valence-corrected chi connectivity index (χ0v) is 31.1. The Labute approximate surface area is 295 Å². The second-order valence-corrected chi connectivity index (χ2v) is 15.1. The Kier molecular flexibility index (Phi) is 7.42. The van der Waals surface area contributed by atoms with Crippen molar-refractivity contribution in [2.75, 3.05) is 37.7 Å². The summed E-state index contributed by atoms with van der Waals surface area (Å²) in [5, 5.41) is 15.6. The summed E-state index contributed by atoms with van der Waals surface area (Å²) in [5.41, 5.74) is -0.331. The molecule has 2 bridgehead atoms. The molecule has 6 heterocycles. The molecule has 0 spiro atoms. The number of aromatic hydroxyl groups is 1. The Hall–Kier alpha value is -3.06. The number of hydrogen-bond donors (Lipinski definition) is 2. The summed E-state index contributed by atoms with van der Waals surface area (Å²) in [7, 11) is 0. The van der Waals surface area contributed by atoms with Crippen molar-refractivity contribution in [3.8, 4) is 38.0 Å². The molecule has 5 atom stereocenters. The number of rotatable bonds is 4. The number of anilines is 1. The van der Waals surface area contributed by atoms with E-state index in [1.54, 1.807) is 0 Å². The number of phenolic OH excluding ortho intramolecular Hbond substituents is 1. The van der Waals surface area contributed by atoms with Gasteiger partial charge in [-0.15, -0.1) is 0 Å². The van der Waals surface area contributed by atoms with Crippen LogP contribution in [0.1, 0.15) is 37.7 Å². The number of aromatic nitrogens is 2. The van der Waals surface area contributed by atoms with Crippen LogP contribution in [0.25, 0.3) is 32.8 Å². The van der Waals surface area contributed by atoms with E-state index in [1.165, 1.54) is 24.3 Å². The Morgan fingerprint density at radius 2 is 2.06 bits per heavy atom. The van der Waals surface area contributed by atoms with Crippen LogP contribution in [-0.4, -0.2) is 108 Å². The molecular weight excluding hydrogens is 835 g/mol. The van der Waals surface area contributed by atoms with Gasteiger partial charge in [0.25, 0.3) is 0 Å². The molecule has 4 aromatic rings. The molecule has 0 amide bonds. The fraction of sp³-hybridized carbons (Fsp3) is 0.429. The standard InChI is InChI=1S/C35H30ClF3N5O3.Tl/c1-2-21-23(38)6-4-17-10-20(45)11-22(26(17)21)27-29(36)32-28-31(30(27)39)41-34(47-16-35-8-3-9-43(35)13-18(37)12-35)42-33(28)44-14-19-5-7-24(40-19)25(44)15-46-32;/h4,6,10-11,18-19,24-25,40,45H,3,5,7-9,12-16H2;/t18-,19-,24+,25-,35+;/m1./s1. The Morgan fingerprint density at radius 3 is 2.92 bits per heavy atom. The number of fused-ring (bicyclic) bond motifs is 7. The Morgan fingerprint density at radius 1 is 1.19 bits per heavy atom. The van der Waals surface area contributed by atoms with Crippen molar-refractivity contribution >= 4 is 64.9 Å². The fourth-order valence-electron chi connectivity index (χ4n) is 8.85. The first-order valence-electron chi connectivity index (χ1n) is 16.3. The van der Waals surface area contributed by atoms with Crippen LogP contribution < -0.4 is 19.7 Å². The predicted molar refractivity (Wildman–Crippen MR) is 177 cm³/mol. The number of halogens is 4. The summed E-state index contributed by atoms with van der Waals surface area (Å²) in [5.74, 6) is 2.10. The molecular formula is C35H30ClF3N5O3Tl. The van der Waals surface area contributed by atoms with Crippen LogP contribution in [0.4, 0.5) is 19.0 Å². The molecule has 8 nitrogen and oxygen atoms in total. The fourth-order valence-corrected chi connectivity index (χ4v) is 9.74. The molecule has 3 aromatic carbocycles. The van der Waals surface area contributed by atoms with E-state index in [1.807, 2.05) is 0 Å². The molecule has 0 aliphatic carbocycles. The third-order valence-electron chi connectivity index (χ3n) is 10.9. The summed E-state index contributed by atoms with van der Waals surface area (Å²) in [6.07, 6.45) is 3.17. The predicted octanol–water partition coefficient (Wildman–Crippen LogP) is 5.22. The molecule has 4 saturated heterocycles. The van der Waals surface area contributed by atoms with Gasteiger partial charge in [0.15, 0.2) is 0 Å². The van der Waals surface area contributed by atoms with E-state index in [9.17, 15) is 9.50 Å². The van der Waals surface area contributed by atoms with Crippen molar-refractivity contribution in [2.45, 2.75) is 61.9 Å². The van der Waals surface area contributed by atoms with Crippen molar-refractivity contribution in [3.05, 3.63) is 46.5 Å². The van der Waals surface area contributed by atoms with Crippen LogP contribution >= 0.6 is 11.6 Å². The van der Waals surface area contributed by atoms with Crippen molar-refractivity contribution < 1.29 is 27.8 Å². The van der Waals surface area contributed by atoms with E-state index in [-0.39, 0.29) is 102 Å². The van der Waals surface area contributed by atoms with Gasteiger partial charge in [0, 0.05) is 19.0 Å². The van der Waals surface area contributed by atoms with Crippen molar-refractivity contribution in [1.82, 2.24) is 20.2 Å². The maximum atomic E-state index is 17.3. The molecule has 48 heavy (non-hydrogen) atoms.